The zero-order valence-corrected chi connectivity index (χ0v) is 10.5. The quantitative estimate of drug-likeness (QED) is 0.706. The number of nitrogens with zero attached hydrogens (tertiary/aromatic N) is 3. The number of aromatic amines is 1. The lowest BCUT2D eigenvalue weighted by atomic mass is 10.3. The van der Waals surface area contributed by atoms with E-state index in [1.54, 1.807) is 0 Å². The molecule has 1 aromatic carbocycles. The Hall–Kier alpha value is -2.08. The van der Waals surface area contributed by atoms with E-state index in [4.69, 9.17) is 0 Å². The van der Waals surface area contributed by atoms with Gasteiger partial charge in [-0.05, 0) is 23.9 Å². The number of H-pyrrole nitrogens is 1. The van der Waals surface area contributed by atoms with Gasteiger partial charge in [0, 0.05) is 13.1 Å². The molecule has 0 atom stereocenters. The Labute approximate surface area is 108 Å². The number of imidazole rings is 1. The summed E-state index contributed by atoms with van der Waals surface area (Å²) in [4.78, 5) is 16.0. The van der Waals surface area contributed by atoms with Gasteiger partial charge in [0.2, 0.25) is 0 Å². The van der Waals surface area contributed by atoms with Crippen LogP contribution >= 0.6 is 11.8 Å². The molecule has 90 valence electrons. The van der Waals surface area contributed by atoms with E-state index in [2.05, 4.69) is 25.3 Å². The van der Waals surface area contributed by atoms with Crippen molar-refractivity contribution >= 4 is 28.6 Å². The smallest absolute Gasteiger partial charge is 0.172 e. The van der Waals surface area contributed by atoms with E-state index in [1.807, 2.05) is 37.4 Å². The predicted octanol–water partition coefficient (Wildman–Crippen LogP) is 2.55. The van der Waals surface area contributed by atoms with Crippen molar-refractivity contribution in [3.05, 3.63) is 36.7 Å². The van der Waals surface area contributed by atoms with E-state index < -0.39 is 0 Å². The summed E-state index contributed by atoms with van der Waals surface area (Å²) in [5.41, 5.74) is 1.99. The second-order valence-electron chi connectivity index (χ2n) is 3.65. The van der Waals surface area contributed by atoms with Gasteiger partial charge in [-0.3, -0.25) is 0 Å². The topological polar surface area (TPSA) is 66.5 Å². The van der Waals surface area contributed by atoms with Crippen LogP contribution in [0.1, 0.15) is 0 Å². The summed E-state index contributed by atoms with van der Waals surface area (Å²) < 4.78 is 0. The number of fused-ring (bicyclic) bond motifs is 1. The minimum Gasteiger partial charge on any atom is -0.373 e. The number of nitrogens with one attached hydrogen (secondary N) is 2. The highest BCUT2D eigenvalue weighted by Crippen LogP contribution is 2.26. The number of anilines is 1. The van der Waals surface area contributed by atoms with Crippen LogP contribution in [0.5, 0.6) is 0 Å². The van der Waals surface area contributed by atoms with Crippen molar-refractivity contribution in [2.45, 2.75) is 10.2 Å². The number of hydrogen-bond acceptors (Lipinski definition) is 5. The third kappa shape index (κ3) is 2.14. The maximum absolute atomic E-state index is 4.49. The summed E-state index contributed by atoms with van der Waals surface area (Å²) in [5.74, 6) is 0.795. The van der Waals surface area contributed by atoms with Gasteiger partial charge in [-0.25, -0.2) is 15.0 Å². The number of aromatic nitrogens is 4. The van der Waals surface area contributed by atoms with Crippen LogP contribution < -0.4 is 5.32 Å². The van der Waals surface area contributed by atoms with Crippen molar-refractivity contribution in [1.29, 1.82) is 0 Å². The first kappa shape index (κ1) is 11.0. The standard InChI is InChI=1S/C12H11N5S/c1-13-10-6-11(15-7-14-10)18-12-16-8-4-2-3-5-9(8)17-12/h2-7H,1H3,(H,16,17)(H,13,14,15). The molecular weight excluding hydrogens is 246 g/mol. The first-order valence-electron chi connectivity index (χ1n) is 5.47. The van der Waals surface area contributed by atoms with Crippen LogP contribution in [-0.4, -0.2) is 27.0 Å². The monoisotopic (exact) mass is 257 g/mol. The number of para-hydroxylation sites is 2. The van der Waals surface area contributed by atoms with Gasteiger partial charge in [-0.1, -0.05) is 12.1 Å². The largest absolute Gasteiger partial charge is 0.373 e. The first-order chi connectivity index (χ1) is 8.85. The van der Waals surface area contributed by atoms with Crippen molar-refractivity contribution in [1.82, 2.24) is 19.9 Å². The van der Waals surface area contributed by atoms with Crippen molar-refractivity contribution in [3.63, 3.8) is 0 Å². The van der Waals surface area contributed by atoms with Gasteiger partial charge in [-0.2, -0.15) is 0 Å². The van der Waals surface area contributed by atoms with Crippen LogP contribution in [0.2, 0.25) is 0 Å². The predicted molar refractivity (Wildman–Crippen MR) is 71.8 cm³/mol. The molecule has 0 amide bonds. The average molecular weight is 257 g/mol. The molecule has 0 bridgehead atoms. The average Bonchev–Trinajstić information content (AvgIpc) is 2.81. The van der Waals surface area contributed by atoms with Gasteiger partial charge in [0.15, 0.2) is 5.16 Å². The zero-order valence-electron chi connectivity index (χ0n) is 9.71. The Kier molecular flexibility index (Phi) is 2.85. The normalized spacial score (nSPS) is 10.7. The van der Waals surface area contributed by atoms with Gasteiger partial charge in [0.05, 0.1) is 11.0 Å². The van der Waals surface area contributed by atoms with E-state index in [-0.39, 0.29) is 0 Å². The van der Waals surface area contributed by atoms with Gasteiger partial charge >= 0.3 is 0 Å². The van der Waals surface area contributed by atoms with Gasteiger partial charge in [-0.15, -0.1) is 0 Å². The summed E-state index contributed by atoms with van der Waals surface area (Å²) in [6.07, 6.45) is 1.54. The highest BCUT2D eigenvalue weighted by molar-refractivity contribution is 7.99. The molecule has 0 aliphatic carbocycles. The third-order valence-corrected chi connectivity index (χ3v) is 3.29. The van der Waals surface area contributed by atoms with Gasteiger partial charge < -0.3 is 10.3 Å². The Bertz CT molecular complexity index is 646. The Balaban J connectivity index is 1.91. The van der Waals surface area contributed by atoms with Crippen molar-refractivity contribution in [3.8, 4) is 0 Å². The van der Waals surface area contributed by atoms with E-state index in [9.17, 15) is 0 Å². The molecule has 0 unspecified atom stereocenters. The second-order valence-corrected chi connectivity index (χ2v) is 4.66. The maximum atomic E-state index is 4.49. The molecule has 2 N–H and O–H groups in total. The van der Waals surface area contributed by atoms with E-state index >= 15 is 0 Å². The molecule has 3 aromatic rings. The molecule has 2 heterocycles. The minimum atomic E-state index is 0.795. The van der Waals surface area contributed by atoms with Crippen LogP contribution in [0.25, 0.3) is 11.0 Å². The molecule has 0 fully saturated rings. The fraction of sp³-hybridized carbons (Fsp3) is 0.0833. The molecule has 3 rings (SSSR count). The molecule has 0 aliphatic rings. The third-order valence-electron chi connectivity index (χ3n) is 2.47. The highest BCUT2D eigenvalue weighted by Gasteiger charge is 2.05. The Morgan fingerprint density at radius 3 is 2.94 bits per heavy atom. The van der Waals surface area contributed by atoms with Crippen molar-refractivity contribution in [2.24, 2.45) is 0 Å². The van der Waals surface area contributed by atoms with Crippen LogP contribution in [-0.2, 0) is 0 Å². The first-order valence-corrected chi connectivity index (χ1v) is 6.29. The minimum absolute atomic E-state index is 0.795. The molecule has 0 spiro atoms. The lowest BCUT2D eigenvalue weighted by Gasteiger charge is -2.00. The van der Waals surface area contributed by atoms with E-state index in [1.165, 1.54) is 18.1 Å². The molecule has 5 nitrogen and oxygen atoms in total. The molecule has 0 saturated heterocycles. The van der Waals surface area contributed by atoms with Crippen molar-refractivity contribution < 1.29 is 0 Å². The second kappa shape index (κ2) is 4.66. The Morgan fingerprint density at radius 2 is 2.11 bits per heavy atom. The molecule has 6 heteroatoms. The summed E-state index contributed by atoms with van der Waals surface area (Å²) in [6.45, 7) is 0. The van der Waals surface area contributed by atoms with Crippen LogP contribution in [0, 0.1) is 0 Å². The van der Waals surface area contributed by atoms with Crippen LogP contribution in [0.4, 0.5) is 5.82 Å². The van der Waals surface area contributed by atoms with Gasteiger partial charge in [0.25, 0.3) is 0 Å². The van der Waals surface area contributed by atoms with Crippen LogP contribution in [0.3, 0.4) is 0 Å². The lowest BCUT2D eigenvalue weighted by molar-refractivity contribution is 1.02. The summed E-state index contributed by atoms with van der Waals surface area (Å²) in [7, 11) is 1.83. The molecule has 0 saturated carbocycles. The summed E-state index contributed by atoms with van der Waals surface area (Å²) in [6, 6.07) is 9.83. The fourth-order valence-electron chi connectivity index (χ4n) is 1.61. The molecule has 2 aromatic heterocycles. The van der Waals surface area contributed by atoms with Crippen LogP contribution in [0.15, 0.2) is 46.8 Å². The molecule has 0 aliphatic heterocycles. The summed E-state index contributed by atoms with van der Waals surface area (Å²) >= 11 is 1.49. The number of hydrogen-bond donors (Lipinski definition) is 2. The van der Waals surface area contributed by atoms with Gasteiger partial charge in [0.1, 0.15) is 17.2 Å². The van der Waals surface area contributed by atoms with E-state index in [0.717, 1.165) is 27.0 Å². The molecule has 0 radical (unpaired) electrons. The maximum Gasteiger partial charge on any atom is 0.172 e. The SMILES string of the molecule is CNc1cc(Sc2nc3ccccc3[nH]2)ncn1. The fourth-order valence-corrected chi connectivity index (χ4v) is 2.38. The summed E-state index contributed by atoms with van der Waals surface area (Å²) in [5, 5.41) is 4.67. The zero-order chi connectivity index (χ0) is 12.4. The Morgan fingerprint density at radius 1 is 1.22 bits per heavy atom. The highest BCUT2D eigenvalue weighted by atomic mass is 32.2. The van der Waals surface area contributed by atoms with Crippen molar-refractivity contribution in [2.75, 3.05) is 12.4 Å². The number of benzene rings is 1. The lowest BCUT2D eigenvalue weighted by Crippen LogP contribution is -1.93. The number of rotatable bonds is 3. The molecular formula is C12H11N5S. The molecule has 18 heavy (non-hydrogen) atoms. The van der Waals surface area contributed by atoms with E-state index in [0.29, 0.717) is 0 Å².